The Morgan fingerprint density at radius 1 is 1.59 bits per heavy atom. The first-order valence-corrected chi connectivity index (χ1v) is 5.61. The van der Waals surface area contributed by atoms with Crippen LogP contribution < -0.4 is 10.8 Å². The Balaban J connectivity index is 2.14. The molecule has 17 heavy (non-hydrogen) atoms. The van der Waals surface area contributed by atoms with Crippen LogP contribution in [-0.4, -0.2) is 35.9 Å². The molecule has 2 radical (unpaired) electrons. The molecular weight excluding hydrogens is 217 g/mol. The SMILES string of the molecule is [B]c1cnn(CCCNC(=O)OC(C)(C)C)c1. The third-order valence-electron chi connectivity index (χ3n) is 1.89. The van der Waals surface area contributed by atoms with Crippen LogP contribution in [0, 0.1) is 0 Å². The molecule has 1 aromatic rings. The number of hydrogen-bond donors (Lipinski definition) is 1. The average Bonchev–Trinajstić information content (AvgIpc) is 2.56. The second-order valence-electron chi connectivity index (χ2n) is 4.82. The Morgan fingerprint density at radius 2 is 2.29 bits per heavy atom. The molecule has 0 fully saturated rings. The van der Waals surface area contributed by atoms with Crippen LogP contribution in [0.4, 0.5) is 4.79 Å². The lowest BCUT2D eigenvalue weighted by Gasteiger charge is -2.19. The number of ether oxygens (including phenoxy) is 1. The molecule has 1 heterocycles. The Hall–Kier alpha value is -1.46. The molecule has 0 unspecified atom stereocenters. The number of carbonyl (C=O) groups excluding carboxylic acids is 1. The maximum Gasteiger partial charge on any atom is 0.407 e. The van der Waals surface area contributed by atoms with Gasteiger partial charge in [-0.25, -0.2) is 4.79 Å². The summed E-state index contributed by atoms with van der Waals surface area (Å²) in [5.41, 5.74) is 0.186. The van der Waals surface area contributed by atoms with Crippen molar-refractivity contribution in [3.8, 4) is 0 Å². The molecule has 5 nitrogen and oxygen atoms in total. The van der Waals surface area contributed by atoms with Gasteiger partial charge in [0.05, 0.1) is 0 Å². The number of rotatable bonds is 4. The summed E-state index contributed by atoms with van der Waals surface area (Å²) in [6.07, 6.45) is 3.74. The first-order chi connectivity index (χ1) is 7.87. The van der Waals surface area contributed by atoms with E-state index < -0.39 is 11.7 Å². The van der Waals surface area contributed by atoms with Gasteiger partial charge in [-0.05, 0) is 27.2 Å². The molecule has 1 amide bonds. The highest BCUT2D eigenvalue weighted by Crippen LogP contribution is 2.06. The molecule has 1 rings (SSSR count). The summed E-state index contributed by atoms with van der Waals surface area (Å²) in [4.78, 5) is 11.3. The van der Waals surface area contributed by atoms with Gasteiger partial charge in [0.15, 0.2) is 0 Å². The van der Waals surface area contributed by atoms with Gasteiger partial charge in [-0.2, -0.15) is 5.10 Å². The van der Waals surface area contributed by atoms with Gasteiger partial charge in [0.2, 0.25) is 0 Å². The number of alkyl carbamates (subject to hydrolysis) is 1. The maximum absolute atomic E-state index is 11.3. The van der Waals surface area contributed by atoms with Crippen molar-refractivity contribution in [2.24, 2.45) is 0 Å². The summed E-state index contributed by atoms with van der Waals surface area (Å²) < 4.78 is 6.84. The molecule has 0 aliphatic rings. The van der Waals surface area contributed by atoms with Crippen LogP contribution >= 0.6 is 0 Å². The molecule has 0 saturated carbocycles. The number of aryl methyl sites for hydroxylation is 1. The summed E-state index contributed by atoms with van der Waals surface area (Å²) in [6, 6.07) is 0. The van der Waals surface area contributed by atoms with E-state index in [9.17, 15) is 4.79 Å². The summed E-state index contributed by atoms with van der Waals surface area (Å²) in [6.45, 7) is 6.76. The van der Waals surface area contributed by atoms with Crippen LogP contribution in [-0.2, 0) is 11.3 Å². The minimum atomic E-state index is -0.458. The van der Waals surface area contributed by atoms with Crippen molar-refractivity contribution in [1.29, 1.82) is 0 Å². The van der Waals surface area contributed by atoms with Gasteiger partial charge in [0, 0.05) is 25.5 Å². The molecule has 0 aliphatic heterocycles. The summed E-state index contributed by atoms with van der Waals surface area (Å²) >= 11 is 0. The van der Waals surface area contributed by atoms with Crippen molar-refractivity contribution >= 4 is 19.4 Å². The summed E-state index contributed by atoms with van der Waals surface area (Å²) in [5, 5.41) is 6.72. The van der Waals surface area contributed by atoms with E-state index in [0.717, 1.165) is 6.42 Å². The van der Waals surface area contributed by atoms with E-state index in [0.29, 0.717) is 18.6 Å². The lowest BCUT2D eigenvalue weighted by molar-refractivity contribution is 0.0526. The number of nitrogens with zero attached hydrogens (tertiary/aromatic N) is 2. The predicted octanol–water partition coefficient (Wildman–Crippen LogP) is 0.592. The molecule has 0 aromatic carbocycles. The quantitative estimate of drug-likeness (QED) is 0.613. The van der Waals surface area contributed by atoms with E-state index in [1.54, 1.807) is 17.1 Å². The van der Waals surface area contributed by atoms with Crippen LogP contribution in [0.25, 0.3) is 0 Å². The highest BCUT2D eigenvalue weighted by Gasteiger charge is 2.15. The van der Waals surface area contributed by atoms with Gasteiger partial charge >= 0.3 is 6.09 Å². The zero-order chi connectivity index (χ0) is 12.9. The van der Waals surface area contributed by atoms with Gasteiger partial charge in [0.1, 0.15) is 13.4 Å². The van der Waals surface area contributed by atoms with E-state index in [1.165, 1.54) is 0 Å². The minimum absolute atomic E-state index is 0.391. The Morgan fingerprint density at radius 3 is 2.82 bits per heavy atom. The van der Waals surface area contributed by atoms with Crippen LogP contribution in [0.5, 0.6) is 0 Å². The molecule has 0 saturated heterocycles. The average molecular weight is 235 g/mol. The fourth-order valence-corrected chi connectivity index (χ4v) is 1.25. The normalized spacial score (nSPS) is 11.2. The molecule has 0 spiro atoms. The second kappa shape index (κ2) is 5.75. The van der Waals surface area contributed by atoms with Crippen molar-refractivity contribution in [2.45, 2.75) is 39.3 Å². The third kappa shape index (κ3) is 5.99. The zero-order valence-electron chi connectivity index (χ0n) is 10.6. The van der Waals surface area contributed by atoms with Gasteiger partial charge in [-0.15, -0.1) is 0 Å². The standard InChI is InChI=1S/C11H18BN3O2/c1-11(2,3)17-10(16)13-5-4-6-15-8-9(12)7-14-15/h7-8H,4-6H2,1-3H3,(H,13,16). The van der Waals surface area contributed by atoms with E-state index in [-0.39, 0.29) is 0 Å². The van der Waals surface area contributed by atoms with E-state index >= 15 is 0 Å². The predicted molar refractivity (Wildman–Crippen MR) is 66.5 cm³/mol. The molecular formula is C11H18BN3O2. The zero-order valence-corrected chi connectivity index (χ0v) is 10.6. The minimum Gasteiger partial charge on any atom is -0.444 e. The summed E-state index contributed by atoms with van der Waals surface area (Å²) in [5.74, 6) is 0. The van der Waals surface area contributed by atoms with Crippen LogP contribution in [0.1, 0.15) is 27.2 Å². The van der Waals surface area contributed by atoms with Crippen molar-refractivity contribution < 1.29 is 9.53 Å². The van der Waals surface area contributed by atoms with Crippen LogP contribution in [0.15, 0.2) is 12.4 Å². The topological polar surface area (TPSA) is 56.2 Å². The molecule has 0 atom stereocenters. The Bertz CT molecular complexity index is 371. The van der Waals surface area contributed by atoms with Gasteiger partial charge < -0.3 is 10.1 Å². The van der Waals surface area contributed by atoms with E-state index in [1.807, 2.05) is 20.8 Å². The molecule has 92 valence electrons. The van der Waals surface area contributed by atoms with Crippen molar-refractivity contribution in [3.05, 3.63) is 12.4 Å². The van der Waals surface area contributed by atoms with Crippen LogP contribution in [0.2, 0.25) is 0 Å². The molecule has 1 aromatic heterocycles. The largest absolute Gasteiger partial charge is 0.444 e. The molecule has 0 aliphatic carbocycles. The van der Waals surface area contributed by atoms with Crippen molar-refractivity contribution in [3.63, 3.8) is 0 Å². The fourth-order valence-electron chi connectivity index (χ4n) is 1.25. The number of aromatic nitrogens is 2. The highest BCUT2D eigenvalue weighted by molar-refractivity contribution is 6.31. The molecule has 0 bridgehead atoms. The first-order valence-electron chi connectivity index (χ1n) is 5.61. The van der Waals surface area contributed by atoms with Crippen LogP contribution in [0.3, 0.4) is 0 Å². The van der Waals surface area contributed by atoms with Crippen molar-refractivity contribution in [1.82, 2.24) is 15.1 Å². The third-order valence-corrected chi connectivity index (χ3v) is 1.89. The van der Waals surface area contributed by atoms with E-state index in [2.05, 4.69) is 10.4 Å². The lowest BCUT2D eigenvalue weighted by Crippen LogP contribution is -2.33. The van der Waals surface area contributed by atoms with Gasteiger partial charge in [-0.3, -0.25) is 4.68 Å². The first kappa shape index (κ1) is 13.6. The highest BCUT2D eigenvalue weighted by atomic mass is 16.6. The Kier molecular flexibility index (Phi) is 4.60. The van der Waals surface area contributed by atoms with Gasteiger partial charge in [-0.1, -0.05) is 5.46 Å². The number of amides is 1. The monoisotopic (exact) mass is 235 g/mol. The van der Waals surface area contributed by atoms with E-state index in [4.69, 9.17) is 12.6 Å². The van der Waals surface area contributed by atoms with Gasteiger partial charge in [0.25, 0.3) is 0 Å². The maximum atomic E-state index is 11.3. The Labute approximate surface area is 103 Å². The number of nitrogens with one attached hydrogen (secondary N) is 1. The molecule has 1 N–H and O–H groups in total. The number of carbonyl (C=O) groups is 1. The second-order valence-corrected chi connectivity index (χ2v) is 4.82. The fraction of sp³-hybridized carbons (Fsp3) is 0.636. The van der Waals surface area contributed by atoms with Crippen molar-refractivity contribution in [2.75, 3.05) is 6.54 Å². The smallest absolute Gasteiger partial charge is 0.407 e. The number of hydrogen-bond acceptors (Lipinski definition) is 3. The summed E-state index contributed by atoms with van der Waals surface area (Å²) in [7, 11) is 5.53. The lowest BCUT2D eigenvalue weighted by atomic mass is 10.0. The molecule has 6 heteroatoms.